The first-order chi connectivity index (χ1) is 8.56. The molecule has 1 aromatic heterocycles. The van der Waals surface area contributed by atoms with Gasteiger partial charge < -0.3 is 4.43 Å². The molecule has 0 fully saturated rings. The van der Waals surface area contributed by atoms with E-state index in [2.05, 4.69) is 44.1 Å². The van der Waals surface area contributed by atoms with Crippen LogP contribution in [-0.2, 0) is 10.8 Å². The van der Waals surface area contributed by atoms with Crippen molar-refractivity contribution in [2.75, 3.05) is 6.61 Å². The number of H-pyrrole nitrogens is 1. The quantitative estimate of drug-likeness (QED) is 0.664. The molecule has 0 aliphatic heterocycles. The summed E-state index contributed by atoms with van der Waals surface area (Å²) in [6, 6.07) is 0. The Bertz CT molecular complexity index is 459. The SMILES string of the molecule is CC(=O)c1n[nH]c(C)c1CCO[Si](C)(C)C(C)(C)C. The summed E-state index contributed by atoms with van der Waals surface area (Å²) in [6.45, 7) is 15.3. The smallest absolute Gasteiger partial charge is 0.191 e. The molecule has 0 atom stereocenters. The Morgan fingerprint density at radius 2 is 1.95 bits per heavy atom. The maximum Gasteiger partial charge on any atom is 0.191 e. The van der Waals surface area contributed by atoms with Crippen LogP contribution in [0.4, 0.5) is 0 Å². The fourth-order valence-corrected chi connectivity index (χ4v) is 2.72. The lowest BCUT2D eigenvalue weighted by Crippen LogP contribution is -2.41. The molecule has 1 heterocycles. The number of carbonyl (C=O) groups is 1. The minimum Gasteiger partial charge on any atom is -0.416 e. The zero-order valence-electron chi connectivity index (χ0n) is 13.2. The van der Waals surface area contributed by atoms with Crippen molar-refractivity contribution >= 4 is 14.1 Å². The van der Waals surface area contributed by atoms with Gasteiger partial charge in [-0.05, 0) is 31.5 Å². The normalized spacial score (nSPS) is 12.8. The lowest BCUT2D eigenvalue weighted by Gasteiger charge is -2.36. The zero-order valence-corrected chi connectivity index (χ0v) is 14.2. The van der Waals surface area contributed by atoms with Gasteiger partial charge in [0.25, 0.3) is 0 Å². The molecule has 0 aromatic carbocycles. The number of hydrogen-bond donors (Lipinski definition) is 1. The molecule has 108 valence electrons. The molecule has 0 spiro atoms. The van der Waals surface area contributed by atoms with Crippen molar-refractivity contribution in [1.29, 1.82) is 0 Å². The van der Waals surface area contributed by atoms with Crippen LogP contribution < -0.4 is 0 Å². The monoisotopic (exact) mass is 282 g/mol. The van der Waals surface area contributed by atoms with Crippen LogP contribution in [0.2, 0.25) is 18.1 Å². The van der Waals surface area contributed by atoms with Gasteiger partial charge in [-0.1, -0.05) is 20.8 Å². The van der Waals surface area contributed by atoms with Crippen LogP contribution in [0.5, 0.6) is 0 Å². The molecule has 1 rings (SSSR count). The summed E-state index contributed by atoms with van der Waals surface area (Å²) in [5.41, 5.74) is 2.51. The predicted molar refractivity (Wildman–Crippen MR) is 80.2 cm³/mol. The standard InChI is InChI=1S/C14H26N2O2Si/c1-10-12(13(11(2)17)16-15-10)8-9-18-19(6,7)14(3,4)5/h8-9H2,1-7H3,(H,15,16). The summed E-state index contributed by atoms with van der Waals surface area (Å²) >= 11 is 0. The van der Waals surface area contributed by atoms with Gasteiger partial charge in [0.1, 0.15) is 5.69 Å². The van der Waals surface area contributed by atoms with E-state index in [4.69, 9.17) is 4.43 Å². The van der Waals surface area contributed by atoms with Crippen molar-refractivity contribution < 1.29 is 9.22 Å². The first kappa shape index (κ1) is 16.1. The first-order valence-electron chi connectivity index (χ1n) is 6.75. The van der Waals surface area contributed by atoms with E-state index in [1.54, 1.807) is 6.92 Å². The molecule has 0 aliphatic rings. The largest absolute Gasteiger partial charge is 0.416 e. The Kier molecular flexibility index (Phi) is 4.74. The van der Waals surface area contributed by atoms with Crippen molar-refractivity contribution in [2.45, 2.75) is 59.2 Å². The Morgan fingerprint density at radius 3 is 2.42 bits per heavy atom. The average Bonchev–Trinajstić information content (AvgIpc) is 2.58. The number of hydrogen-bond acceptors (Lipinski definition) is 3. The second-order valence-corrected chi connectivity index (χ2v) is 11.4. The molecule has 0 unspecified atom stereocenters. The van der Waals surface area contributed by atoms with E-state index in [-0.39, 0.29) is 10.8 Å². The lowest BCUT2D eigenvalue weighted by molar-refractivity contribution is 0.101. The number of aryl methyl sites for hydroxylation is 1. The van der Waals surface area contributed by atoms with Crippen molar-refractivity contribution in [3.63, 3.8) is 0 Å². The molecule has 0 bridgehead atoms. The highest BCUT2D eigenvalue weighted by Gasteiger charge is 2.36. The highest BCUT2D eigenvalue weighted by atomic mass is 28.4. The van der Waals surface area contributed by atoms with Gasteiger partial charge in [0.05, 0.1) is 0 Å². The number of nitrogens with zero attached hydrogens (tertiary/aromatic N) is 1. The van der Waals surface area contributed by atoms with Gasteiger partial charge in [-0.2, -0.15) is 5.10 Å². The van der Waals surface area contributed by atoms with Crippen LogP contribution in [-0.4, -0.2) is 30.9 Å². The lowest BCUT2D eigenvalue weighted by atomic mass is 10.1. The Balaban J connectivity index is 2.69. The average molecular weight is 282 g/mol. The maximum absolute atomic E-state index is 11.5. The van der Waals surface area contributed by atoms with Crippen LogP contribution >= 0.6 is 0 Å². The van der Waals surface area contributed by atoms with Crippen LogP contribution in [0.25, 0.3) is 0 Å². The van der Waals surface area contributed by atoms with Gasteiger partial charge >= 0.3 is 0 Å². The van der Waals surface area contributed by atoms with E-state index in [0.717, 1.165) is 17.7 Å². The highest BCUT2D eigenvalue weighted by Crippen LogP contribution is 2.36. The molecule has 1 N–H and O–H groups in total. The molecule has 0 amide bonds. The second-order valence-electron chi connectivity index (χ2n) is 6.59. The topological polar surface area (TPSA) is 55.0 Å². The molecule has 5 heteroatoms. The molecule has 19 heavy (non-hydrogen) atoms. The minimum absolute atomic E-state index is 0.00618. The Morgan fingerprint density at radius 1 is 1.37 bits per heavy atom. The molecule has 0 saturated carbocycles. The summed E-state index contributed by atoms with van der Waals surface area (Å²) in [5, 5.41) is 7.15. The predicted octanol–water partition coefficient (Wildman–Crippen LogP) is 3.49. The minimum atomic E-state index is -1.72. The van der Waals surface area contributed by atoms with E-state index < -0.39 is 8.32 Å². The van der Waals surface area contributed by atoms with Gasteiger partial charge in [-0.3, -0.25) is 9.89 Å². The summed E-state index contributed by atoms with van der Waals surface area (Å²) in [6.07, 6.45) is 0.740. The van der Waals surface area contributed by atoms with Crippen LogP contribution in [0.3, 0.4) is 0 Å². The van der Waals surface area contributed by atoms with Crippen molar-refractivity contribution in [3.8, 4) is 0 Å². The third kappa shape index (κ3) is 3.76. The molecule has 0 saturated heterocycles. The fourth-order valence-electron chi connectivity index (χ4n) is 1.67. The van der Waals surface area contributed by atoms with Gasteiger partial charge in [0, 0.05) is 24.8 Å². The number of Topliss-reactive ketones (excluding diaryl/α,β-unsaturated/α-hetero) is 1. The zero-order chi connectivity index (χ0) is 14.8. The summed E-state index contributed by atoms with van der Waals surface area (Å²) in [5.74, 6) is 0.00618. The van der Waals surface area contributed by atoms with E-state index in [1.807, 2.05) is 6.92 Å². The molecule has 4 nitrogen and oxygen atoms in total. The van der Waals surface area contributed by atoms with Crippen molar-refractivity contribution in [2.24, 2.45) is 0 Å². The maximum atomic E-state index is 11.5. The summed E-state index contributed by atoms with van der Waals surface area (Å²) in [7, 11) is -1.72. The number of aromatic amines is 1. The Labute approximate surface area is 117 Å². The second kappa shape index (κ2) is 5.59. The third-order valence-corrected chi connectivity index (χ3v) is 8.57. The molecular weight excluding hydrogens is 256 g/mol. The summed E-state index contributed by atoms with van der Waals surface area (Å²) < 4.78 is 6.14. The number of carbonyl (C=O) groups excluding carboxylic acids is 1. The van der Waals surface area contributed by atoms with E-state index in [0.29, 0.717) is 12.3 Å². The third-order valence-electron chi connectivity index (χ3n) is 4.03. The molecular formula is C14H26N2O2Si. The highest BCUT2D eigenvalue weighted by molar-refractivity contribution is 6.74. The summed E-state index contributed by atoms with van der Waals surface area (Å²) in [4.78, 5) is 11.5. The van der Waals surface area contributed by atoms with Crippen LogP contribution in [0.1, 0.15) is 49.4 Å². The van der Waals surface area contributed by atoms with Crippen molar-refractivity contribution in [3.05, 3.63) is 17.0 Å². The van der Waals surface area contributed by atoms with Crippen LogP contribution in [0.15, 0.2) is 0 Å². The molecule has 0 aliphatic carbocycles. The van der Waals surface area contributed by atoms with Crippen molar-refractivity contribution in [1.82, 2.24) is 10.2 Å². The van der Waals surface area contributed by atoms with E-state index in [9.17, 15) is 4.79 Å². The number of aromatic nitrogens is 2. The van der Waals surface area contributed by atoms with Gasteiger partial charge in [0.2, 0.25) is 0 Å². The van der Waals surface area contributed by atoms with E-state index >= 15 is 0 Å². The molecule has 0 radical (unpaired) electrons. The fraction of sp³-hybridized carbons (Fsp3) is 0.714. The first-order valence-corrected chi connectivity index (χ1v) is 9.66. The Hall–Kier alpha value is -0.943. The number of ketones is 1. The molecule has 1 aromatic rings. The van der Waals surface area contributed by atoms with E-state index in [1.165, 1.54) is 0 Å². The van der Waals surface area contributed by atoms with Gasteiger partial charge in [-0.25, -0.2) is 0 Å². The number of rotatable bonds is 5. The van der Waals surface area contributed by atoms with Gasteiger partial charge in [0.15, 0.2) is 14.1 Å². The number of nitrogens with one attached hydrogen (secondary N) is 1. The van der Waals surface area contributed by atoms with Gasteiger partial charge in [-0.15, -0.1) is 0 Å². The van der Waals surface area contributed by atoms with Crippen LogP contribution in [0, 0.1) is 6.92 Å².